The molecule has 2 aromatic rings. The first-order chi connectivity index (χ1) is 6.81. The van der Waals surface area contributed by atoms with Crippen LogP contribution in [0.2, 0.25) is 0 Å². The SMILES string of the molecule is O=Cc1sc(S)cc1-c1ccccc1. The Kier molecular flexibility index (Phi) is 2.70. The van der Waals surface area contributed by atoms with Crippen molar-refractivity contribution in [2.75, 3.05) is 0 Å². The Labute approximate surface area is 91.8 Å². The molecule has 2 rings (SSSR count). The van der Waals surface area contributed by atoms with Crippen molar-refractivity contribution in [2.24, 2.45) is 0 Å². The quantitative estimate of drug-likeness (QED) is 0.605. The van der Waals surface area contributed by atoms with Gasteiger partial charge in [0.1, 0.15) is 0 Å². The molecule has 0 aliphatic rings. The summed E-state index contributed by atoms with van der Waals surface area (Å²) in [5, 5.41) is 0. The molecule has 0 atom stereocenters. The van der Waals surface area contributed by atoms with Gasteiger partial charge in [-0.15, -0.1) is 24.0 Å². The molecular formula is C11H8OS2. The van der Waals surface area contributed by atoms with Crippen molar-refractivity contribution in [3.63, 3.8) is 0 Å². The maximum absolute atomic E-state index is 10.8. The third-order valence-corrected chi connectivity index (χ3v) is 3.21. The molecule has 14 heavy (non-hydrogen) atoms. The molecule has 0 bridgehead atoms. The molecular weight excluding hydrogens is 212 g/mol. The minimum atomic E-state index is 0.737. The number of carbonyl (C=O) groups excluding carboxylic acids is 1. The van der Waals surface area contributed by atoms with Crippen LogP contribution in [-0.2, 0) is 0 Å². The van der Waals surface area contributed by atoms with E-state index in [9.17, 15) is 4.79 Å². The van der Waals surface area contributed by atoms with E-state index >= 15 is 0 Å². The largest absolute Gasteiger partial charge is 0.297 e. The third kappa shape index (κ3) is 1.74. The van der Waals surface area contributed by atoms with Crippen molar-refractivity contribution in [3.8, 4) is 11.1 Å². The molecule has 1 aromatic carbocycles. The lowest BCUT2D eigenvalue weighted by molar-refractivity contribution is 0.112. The Morgan fingerprint density at radius 1 is 1.21 bits per heavy atom. The van der Waals surface area contributed by atoms with Gasteiger partial charge in [0.25, 0.3) is 0 Å². The fourth-order valence-electron chi connectivity index (χ4n) is 1.32. The van der Waals surface area contributed by atoms with Crippen LogP contribution in [0.4, 0.5) is 0 Å². The number of hydrogen-bond donors (Lipinski definition) is 1. The van der Waals surface area contributed by atoms with E-state index < -0.39 is 0 Å². The van der Waals surface area contributed by atoms with E-state index in [0.29, 0.717) is 0 Å². The molecule has 70 valence electrons. The lowest BCUT2D eigenvalue weighted by Gasteiger charge is -1.97. The monoisotopic (exact) mass is 220 g/mol. The zero-order chi connectivity index (χ0) is 9.97. The highest BCUT2D eigenvalue weighted by atomic mass is 32.2. The van der Waals surface area contributed by atoms with Crippen LogP contribution < -0.4 is 0 Å². The summed E-state index contributed by atoms with van der Waals surface area (Å²) in [4.78, 5) is 11.5. The lowest BCUT2D eigenvalue weighted by Crippen LogP contribution is -1.78. The minimum Gasteiger partial charge on any atom is -0.297 e. The normalized spacial score (nSPS) is 10.1. The van der Waals surface area contributed by atoms with Crippen LogP contribution in [0.5, 0.6) is 0 Å². The van der Waals surface area contributed by atoms with E-state index in [0.717, 1.165) is 26.5 Å². The van der Waals surface area contributed by atoms with Crippen LogP contribution in [0.3, 0.4) is 0 Å². The fourth-order valence-corrected chi connectivity index (χ4v) is 2.48. The number of aldehydes is 1. The van der Waals surface area contributed by atoms with Crippen LogP contribution in [0.25, 0.3) is 11.1 Å². The molecule has 0 aliphatic carbocycles. The smallest absolute Gasteiger partial charge is 0.160 e. The number of rotatable bonds is 2. The van der Waals surface area contributed by atoms with E-state index in [1.807, 2.05) is 36.4 Å². The Hall–Kier alpha value is -1.06. The van der Waals surface area contributed by atoms with E-state index in [1.165, 1.54) is 11.3 Å². The molecule has 0 spiro atoms. The van der Waals surface area contributed by atoms with Gasteiger partial charge in [0.2, 0.25) is 0 Å². The van der Waals surface area contributed by atoms with Gasteiger partial charge in [-0.1, -0.05) is 30.3 Å². The van der Waals surface area contributed by atoms with Gasteiger partial charge in [-0.25, -0.2) is 0 Å². The fraction of sp³-hybridized carbons (Fsp3) is 0. The van der Waals surface area contributed by atoms with Gasteiger partial charge in [-0.2, -0.15) is 0 Å². The highest BCUT2D eigenvalue weighted by Gasteiger charge is 2.07. The van der Waals surface area contributed by atoms with Gasteiger partial charge in [-0.3, -0.25) is 4.79 Å². The van der Waals surface area contributed by atoms with Crippen molar-refractivity contribution in [2.45, 2.75) is 4.21 Å². The van der Waals surface area contributed by atoms with Crippen LogP contribution in [0, 0.1) is 0 Å². The summed E-state index contributed by atoms with van der Waals surface area (Å²) in [5.41, 5.74) is 2.03. The maximum Gasteiger partial charge on any atom is 0.160 e. The van der Waals surface area contributed by atoms with Crippen molar-refractivity contribution in [1.29, 1.82) is 0 Å². The van der Waals surface area contributed by atoms with Crippen LogP contribution in [0.15, 0.2) is 40.6 Å². The zero-order valence-electron chi connectivity index (χ0n) is 7.31. The van der Waals surface area contributed by atoms with E-state index in [4.69, 9.17) is 0 Å². The molecule has 3 heteroatoms. The number of benzene rings is 1. The number of hydrogen-bond acceptors (Lipinski definition) is 3. The summed E-state index contributed by atoms with van der Waals surface area (Å²) in [6.07, 6.45) is 0.882. The molecule has 1 aromatic heterocycles. The minimum absolute atomic E-state index is 0.737. The Morgan fingerprint density at radius 3 is 2.57 bits per heavy atom. The predicted octanol–water partition coefficient (Wildman–Crippen LogP) is 3.52. The van der Waals surface area contributed by atoms with Crippen LogP contribution in [-0.4, -0.2) is 6.29 Å². The van der Waals surface area contributed by atoms with Crippen LogP contribution in [0.1, 0.15) is 9.67 Å². The molecule has 0 N–H and O–H groups in total. The summed E-state index contributed by atoms with van der Waals surface area (Å²) in [6, 6.07) is 11.8. The summed E-state index contributed by atoms with van der Waals surface area (Å²) in [6.45, 7) is 0. The first kappa shape index (κ1) is 9.49. The van der Waals surface area contributed by atoms with Crippen molar-refractivity contribution in [1.82, 2.24) is 0 Å². The third-order valence-electron chi connectivity index (χ3n) is 1.94. The second kappa shape index (κ2) is 3.98. The van der Waals surface area contributed by atoms with Crippen LogP contribution >= 0.6 is 24.0 Å². The van der Waals surface area contributed by atoms with Gasteiger partial charge >= 0.3 is 0 Å². The second-order valence-corrected chi connectivity index (χ2v) is 4.71. The van der Waals surface area contributed by atoms with Gasteiger partial charge in [0.05, 0.1) is 9.09 Å². The predicted molar refractivity (Wildman–Crippen MR) is 62.4 cm³/mol. The van der Waals surface area contributed by atoms with E-state index in [2.05, 4.69) is 12.6 Å². The number of carbonyl (C=O) groups is 1. The highest BCUT2D eigenvalue weighted by molar-refractivity contribution is 7.83. The molecule has 0 aliphatic heterocycles. The van der Waals surface area contributed by atoms with E-state index in [-0.39, 0.29) is 0 Å². The molecule has 0 saturated carbocycles. The second-order valence-electron chi connectivity index (χ2n) is 2.85. The van der Waals surface area contributed by atoms with Gasteiger partial charge < -0.3 is 0 Å². The molecule has 0 radical (unpaired) electrons. The molecule has 0 amide bonds. The molecule has 1 nitrogen and oxygen atoms in total. The molecule has 1 heterocycles. The number of thiophene rings is 1. The Bertz CT molecular complexity index is 446. The Balaban J connectivity index is 2.56. The van der Waals surface area contributed by atoms with Gasteiger partial charge in [0.15, 0.2) is 6.29 Å². The standard InChI is InChI=1S/C11H8OS2/c12-7-10-9(6-11(13)14-10)8-4-2-1-3-5-8/h1-7,13H. The molecule has 0 fully saturated rings. The average Bonchev–Trinajstić information content (AvgIpc) is 2.61. The average molecular weight is 220 g/mol. The first-order valence-corrected chi connectivity index (χ1v) is 5.41. The number of thiol groups is 1. The van der Waals surface area contributed by atoms with Crippen molar-refractivity contribution >= 4 is 30.3 Å². The molecule has 0 unspecified atom stereocenters. The maximum atomic E-state index is 10.8. The van der Waals surface area contributed by atoms with E-state index in [1.54, 1.807) is 0 Å². The highest BCUT2D eigenvalue weighted by Crippen LogP contribution is 2.31. The molecule has 0 saturated heterocycles. The topological polar surface area (TPSA) is 17.1 Å². The summed E-state index contributed by atoms with van der Waals surface area (Å²) >= 11 is 5.64. The van der Waals surface area contributed by atoms with Crippen molar-refractivity contribution in [3.05, 3.63) is 41.3 Å². The van der Waals surface area contributed by atoms with Crippen molar-refractivity contribution < 1.29 is 4.79 Å². The summed E-state index contributed by atoms with van der Waals surface area (Å²) < 4.78 is 0.867. The van der Waals surface area contributed by atoms with Gasteiger partial charge in [0, 0.05) is 5.56 Å². The zero-order valence-corrected chi connectivity index (χ0v) is 9.02. The lowest BCUT2D eigenvalue weighted by atomic mass is 10.1. The first-order valence-electron chi connectivity index (χ1n) is 4.14. The Morgan fingerprint density at radius 2 is 1.93 bits per heavy atom. The van der Waals surface area contributed by atoms with Gasteiger partial charge in [-0.05, 0) is 11.6 Å². The summed E-state index contributed by atoms with van der Waals surface area (Å²) in [5.74, 6) is 0. The summed E-state index contributed by atoms with van der Waals surface area (Å²) in [7, 11) is 0.